The molecule has 0 spiro atoms. The normalized spacial score (nSPS) is 17.5. The summed E-state index contributed by atoms with van der Waals surface area (Å²) >= 11 is 0. The van der Waals surface area contributed by atoms with Gasteiger partial charge < -0.3 is 10.1 Å². The molecule has 1 N–H and O–H groups in total. The summed E-state index contributed by atoms with van der Waals surface area (Å²) in [6, 6.07) is 5.17. The van der Waals surface area contributed by atoms with Gasteiger partial charge in [0.25, 0.3) is 5.69 Å². The Labute approximate surface area is 99.9 Å². The molecule has 1 saturated heterocycles. The van der Waals surface area contributed by atoms with Crippen LogP contribution in [0.15, 0.2) is 18.2 Å². The zero-order chi connectivity index (χ0) is 12.5. The molecule has 1 heterocycles. The van der Waals surface area contributed by atoms with Crippen molar-refractivity contribution in [3.05, 3.63) is 39.4 Å². The summed E-state index contributed by atoms with van der Waals surface area (Å²) < 4.78 is 5.48. The third-order valence-corrected chi connectivity index (χ3v) is 3.41. The molecule has 92 valence electrons. The molecule has 0 bridgehead atoms. The molecule has 0 aliphatic carbocycles. The monoisotopic (exact) mass is 236 g/mol. The maximum Gasteiger partial charge on any atom is 0.272 e. The summed E-state index contributed by atoms with van der Waals surface area (Å²) in [6.07, 6.45) is 0.583. The van der Waals surface area contributed by atoms with Gasteiger partial charge in [-0.1, -0.05) is 12.1 Å². The Morgan fingerprint density at radius 3 is 2.71 bits per heavy atom. The zero-order valence-corrected chi connectivity index (χ0v) is 10.0. The predicted molar refractivity (Wildman–Crippen MR) is 64.1 cm³/mol. The maximum absolute atomic E-state index is 11.0. The van der Waals surface area contributed by atoms with Crippen molar-refractivity contribution in [1.29, 1.82) is 0 Å². The van der Waals surface area contributed by atoms with Gasteiger partial charge in [-0.05, 0) is 12.5 Å². The van der Waals surface area contributed by atoms with Crippen molar-refractivity contribution >= 4 is 5.69 Å². The smallest absolute Gasteiger partial charge is 0.272 e. The van der Waals surface area contributed by atoms with Gasteiger partial charge in [0, 0.05) is 38.2 Å². The predicted octanol–water partition coefficient (Wildman–Crippen LogP) is 1.43. The van der Waals surface area contributed by atoms with E-state index in [-0.39, 0.29) is 16.2 Å². The molecular weight excluding hydrogens is 220 g/mol. The van der Waals surface area contributed by atoms with Gasteiger partial charge in [0.1, 0.15) is 0 Å². The van der Waals surface area contributed by atoms with Crippen LogP contribution in [0.4, 0.5) is 5.69 Å². The number of aryl methyl sites for hydroxylation is 1. The minimum absolute atomic E-state index is 0.188. The van der Waals surface area contributed by atoms with Crippen LogP contribution in [0.25, 0.3) is 0 Å². The van der Waals surface area contributed by atoms with E-state index in [2.05, 4.69) is 5.32 Å². The van der Waals surface area contributed by atoms with E-state index in [0.29, 0.717) is 6.42 Å². The van der Waals surface area contributed by atoms with Crippen LogP contribution in [-0.4, -0.2) is 30.7 Å². The zero-order valence-electron chi connectivity index (χ0n) is 10.0. The standard InChI is InChI=1S/C12H16N2O3/c1-9-4-3-5-11(14(15)16)10(9)6-12(17-2)7-13-8-12/h3-5,13H,6-8H2,1-2H3. The summed E-state index contributed by atoms with van der Waals surface area (Å²) in [5, 5.41) is 14.2. The van der Waals surface area contributed by atoms with Crippen LogP contribution in [0.1, 0.15) is 11.1 Å². The number of hydrogen-bond acceptors (Lipinski definition) is 4. The molecule has 0 radical (unpaired) electrons. The average molecular weight is 236 g/mol. The van der Waals surface area contributed by atoms with Crippen LogP contribution < -0.4 is 5.32 Å². The van der Waals surface area contributed by atoms with Crippen molar-refractivity contribution in [2.45, 2.75) is 18.9 Å². The third-order valence-electron chi connectivity index (χ3n) is 3.41. The number of benzene rings is 1. The van der Waals surface area contributed by atoms with E-state index in [1.165, 1.54) is 0 Å². The van der Waals surface area contributed by atoms with Crippen molar-refractivity contribution in [2.24, 2.45) is 0 Å². The Bertz CT molecular complexity index is 436. The molecule has 0 aromatic heterocycles. The molecular formula is C12H16N2O3. The fraction of sp³-hybridized carbons (Fsp3) is 0.500. The summed E-state index contributed by atoms with van der Waals surface area (Å²) in [5.41, 5.74) is 1.63. The lowest BCUT2D eigenvalue weighted by atomic mass is 9.86. The fourth-order valence-electron chi connectivity index (χ4n) is 2.16. The lowest BCUT2D eigenvalue weighted by Gasteiger charge is -2.41. The van der Waals surface area contributed by atoms with E-state index in [0.717, 1.165) is 24.2 Å². The number of ether oxygens (including phenoxy) is 1. The van der Waals surface area contributed by atoms with Gasteiger partial charge in [-0.3, -0.25) is 10.1 Å². The average Bonchev–Trinajstić information content (AvgIpc) is 2.25. The van der Waals surface area contributed by atoms with Gasteiger partial charge in [-0.2, -0.15) is 0 Å². The minimum atomic E-state index is -0.322. The molecule has 1 aromatic rings. The van der Waals surface area contributed by atoms with Crippen LogP contribution >= 0.6 is 0 Å². The van der Waals surface area contributed by atoms with Crippen molar-refractivity contribution in [3.8, 4) is 0 Å². The van der Waals surface area contributed by atoms with E-state index < -0.39 is 0 Å². The van der Waals surface area contributed by atoms with Gasteiger partial charge in [0.05, 0.1) is 10.5 Å². The van der Waals surface area contributed by atoms with Gasteiger partial charge in [0.2, 0.25) is 0 Å². The molecule has 17 heavy (non-hydrogen) atoms. The first-order chi connectivity index (χ1) is 8.08. The SMILES string of the molecule is COC1(Cc2c(C)cccc2[N+](=O)[O-])CNC1. The second-order valence-corrected chi connectivity index (χ2v) is 4.50. The van der Waals surface area contributed by atoms with Crippen LogP contribution in [0.2, 0.25) is 0 Å². The largest absolute Gasteiger partial charge is 0.375 e. The Balaban J connectivity index is 2.34. The number of rotatable bonds is 4. The lowest BCUT2D eigenvalue weighted by Crippen LogP contribution is -2.62. The van der Waals surface area contributed by atoms with E-state index in [9.17, 15) is 10.1 Å². The number of methoxy groups -OCH3 is 1. The Hall–Kier alpha value is -1.46. The molecule has 1 aliphatic heterocycles. The fourth-order valence-corrected chi connectivity index (χ4v) is 2.16. The Kier molecular flexibility index (Phi) is 3.13. The van der Waals surface area contributed by atoms with E-state index in [1.54, 1.807) is 19.2 Å². The van der Waals surface area contributed by atoms with Crippen LogP contribution in [-0.2, 0) is 11.2 Å². The van der Waals surface area contributed by atoms with Crippen molar-refractivity contribution in [1.82, 2.24) is 5.32 Å². The quantitative estimate of drug-likeness (QED) is 0.634. The second-order valence-electron chi connectivity index (χ2n) is 4.50. The first-order valence-electron chi connectivity index (χ1n) is 5.57. The highest BCUT2D eigenvalue weighted by atomic mass is 16.6. The first-order valence-corrected chi connectivity index (χ1v) is 5.57. The molecule has 1 fully saturated rings. The molecule has 1 aromatic carbocycles. The first kappa shape index (κ1) is 12.0. The summed E-state index contributed by atoms with van der Waals surface area (Å²) in [6.45, 7) is 3.39. The van der Waals surface area contributed by atoms with Crippen molar-refractivity contribution < 1.29 is 9.66 Å². The highest BCUT2D eigenvalue weighted by Gasteiger charge is 2.39. The molecule has 0 unspecified atom stereocenters. The van der Waals surface area contributed by atoms with E-state index >= 15 is 0 Å². The number of nitro benzene ring substituents is 1. The maximum atomic E-state index is 11.0. The number of hydrogen-bond donors (Lipinski definition) is 1. The van der Waals surface area contributed by atoms with Crippen molar-refractivity contribution in [3.63, 3.8) is 0 Å². The summed E-state index contributed by atoms with van der Waals surface area (Å²) in [5.74, 6) is 0. The molecule has 0 saturated carbocycles. The summed E-state index contributed by atoms with van der Waals surface area (Å²) in [7, 11) is 1.66. The van der Waals surface area contributed by atoms with Crippen LogP contribution in [0.3, 0.4) is 0 Å². The second kappa shape index (κ2) is 4.43. The molecule has 5 nitrogen and oxygen atoms in total. The topological polar surface area (TPSA) is 64.4 Å². The van der Waals surface area contributed by atoms with Gasteiger partial charge in [-0.15, -0.1) is 0 Å². The number of nitrogens with one attached hydrogen (secondary N) is 1. The number of nitrogens with zero attached hydrogens (tertiary/aromatic N) is 1. The lowest BCUT2D eigenvalue weighted by molar-refractivity contribution is -0.385. The highest BCUT2D eigenvalue weighted by molar-refractivity contribution is 5.46. The third kappa shape index (κ3) is 2.16. The molecule has 0 atom stereocenters. The van der Waals surface area contributed by atoms with Gasteiger partial charge in [-0.25, -0.2) is 0 Å². The highest BCUT2D eigenvalue weighted by Crippen LogP contribution is 2.29. The van der Waals surface area contributed by atoms with Crippen LogP contribution in [0, 0.1) is 17.0 Å². The molecule has 0 amide bonds. The molecule has 5 heteroatoms. The van der Waals surface area contributed by atoms with Gasteiger partial charge in [0.15, 0.2) is 0 Å². The van der Waals surface area contributed by atoms with E-state index in [4.69, 9.17) is 4.74 Å². The molecule has 2 rings (SSSR count). The number of nitro groups is 1. The Morgan fingerprint density at radius 1 is 1.53 bits per heavy atom. The van der Waals surface area contributed by atoms with Crippen molar-refractivity contribution in [2.75, 3.05) is 20.2 Å². The molecule has 1 aliphatic rings. The van der Waals surface area contributed by atoms with Crippen LogP contribution in [0.5, 0.6) is 0 Å². The Morgan fingerprint density at radius 2 is 2.24 bits per heavy atom. The van der Waals surface area contributed by atoms with E-state index in [1.807, 2.05) is 13.0 Å². The minimum Gasteiger partial charge on any atom is -0.375 e. The summed E-state index contributed by atoms with van der Waals surface area (Å²) in [4.78, 5) is 10.7. The van der Waals surface area contributed by atoms with Gasteiger partial charge >= 0.3 is 0 Å².